The van der Waals surface area contributed by atoms with E-state index in [4.69, 9.17) is 5.11 Å². The van der Waals surface area contributed by atoms with Crippen molar-refractivity contribution in [2.24, 2.45) is 10.2 Å². The summed E-state index contributed by atoms with van der Waals surface area (Å²) in [6.45, 7) is 1.19. The number of nitrogens with zero attached hydrogens (tertiary/aromatic N) is 2. The molecule has 0 spiro atoms. The maximum absolute atomic E-state index is 11.5. The molecule has 1 aromatic rings. The number of hydrogen-bond acceptors (Lipinski definition) is 4. The van der Waals surface area contributed by atoms with Gasteiger partial charge in [0.25, 0.3) is 0 Å². The van der Waals surface area contributed by atoms with Gasteiger partial charge in [-0.25, -0.2) is 0 Å². The minimum absolute atomic E-state index is 0.0310. The fourth-order valence-electron chi connectivity index (χ4n) is 2.01. The molecule has 1 aromatic carbocycles. The Bertz CT molecular complexity index is 540. The zero-order valence-electron chi connectivity index (χ0n) is 11.1. The molecule has 1 amide bonds. The molecule has 2 rings (SSSR count). The molecule has 0 radical (unpaired) electrons. The van der Waals surface area contributed by atoms with Crippen LogP contribution >= 0.6 is 0 Å². The van der Waals surface area contributed by atoms with Gasteiger partial charge in [-0.1, -0.05) is 12.1 Å². The number of carboxylic acid groups (broad SMARTS) is 1. The Morgan fingerprint density at radius 2 is 2.15 bits per heavy atom. The highest BCUT2D eigenvalue weighted by Gasteiger charge is 2.08. The third-order valence-corrected chi connectivity index (χ3v) is 3.10. The lowest BCUT2D eigenvalue weighted by molar-refractivity contribution is -0.137. The topological polar surface area (TPSA) is 91.1 Å². The lowest BCUT2D eigenvalue weighted by Crippen LogP contribution is -2.25. The Morgan fingerprint density at radius 3 is 2.95 bits per heavy atom. The zero-order valence-corrected chi connectivity index (χ0v) is 11.1. The lowest BCUT2D eigenvalue weighted by Gasteiger charge is -2.06. The number of azo groups is 1. The molecule has 6 heteroatoms. The first kappa shape index (κ1) is 14.2. The van der Waals surface area contributed by atoms with Crippen LogP contribution < -0.4 is 5.32 Å². The Kier molecular flexibility index (Phi) is 4.81. The van der Waals surface area contributed by atoms with E-state index in [0.717, 1.165) is 23.2 Å². The second-order valence-corrected chi connectivity index (χ2v) is 4.71. The van der Waals surface area contributed by atoms with E-state index in [0.29, 0.717) is 19.5 Å². The van der Waals surface area contributed by atoms with Gasteiger partial charge in [-0.05, 0) is 24.5 Å². The molecular weight excluding hydrogens is 258 g/mol. The minimum Gasteiger partial charge on any atom is -0.481 e. The number of fused-ring (bicyclic) bond motifs is 1. The first-order chi connectivity index (χ1) is 9.65. The predicted molar refractivity (Wildman–Crippen MR) is 72.9 cm³/mol. The first-order valence-electron chi connectivity index (χ1n) is 6.63. The first-order valence-corrected chi connectivity index (χ1v) is 6.63. The number of nitrogens with one attached hydrogen (secondary N) is 1. The number of benzene rings is 1. The summed E-state index contributed by atoms with van der Waals surface area (Å²) in [4.78, 5) is 21.8. The molecule has 0 bridgehead atoms. The summed E-state index contributed by atoms with van der Waals surface area (Å²) >= 11 is 0. The van der Waals surface area contributed by atoms with Crippen molar-refractivity contribution in [2.45, 2.75) is 32.2 Å². The van der Waals surface area contributed by atoms with E-state index in [1.54, 1.807) is 0 Å². The van der Waals surface area contributed by atoms with Crippen molar-refractivity contribution in [3.05, 3.63) is 29.3 Å². The van der Waals surface area contributed by atoms with E-state index in [1.165, 1.54) is 0 Å². The average molecular weight is 275 g/mol. The number of amides is 1. The van der Waals surface area contributed by atoms with Crippen LogP contribution in [0.15, 0.2) is 28.4 Å². The standard InChI is InChI=1S/C14H17N3O3/c18-13(2-1-3-14(19)20)15-7-6-10-4-5-11-9-16-17-12(11)8-10/h4-5,8H,1-3,6-7,9H2,(H,15,18)(H,19,20). The molecule has 6 nitrogen and oxygen atoms in total. The molecule has 106 valence electrons. The summed E-state index contributed by atoms with van der Waals surface area (Å²) in [6, 6.07) is 6.02. The molecule has 0 atom stereocenters. The van der Waals surface area contributed by atoms with Crippen LogP contribution in [0.1, 0.15) is 30.4 Å². The minimum atomic E-state index is -0.870. The van der Waals surface area contributed by atoms with Crippen LogP contribution in [-0.4, -0.2) is 23.5 Å². The van der Waals surface area contributed by atoms with Gasteiger partial charge in [0.1, 0.15) is 0 Å². The summed E-state index contributed by atoms with van der Waals surface area (Å²) in [5.41, 5.74) is 3.15. The molecule has 1 aliphatic heterocycles. The Morgan fingerprint density at radius 1 is 1.30 bits per heavy atom. The second-order valence-electron chi connectivity index (χ2n) is 4.71. The number of carbonyl (C=O) groups is 2. The summed E-state index contributed by atoms with van der Waals surface area (Å²) in [5.74, 6) is -0.975. The summed E-state index contributed by atoms with van der Waals surface area (Å²) in [5, 5.41) is 19.3. The number of aliphatic carboxylic acids is 1. The second kappa shape index (κ2) is 6.79. The van der Waals surface area contributed by atoms with Crippen LogP contribution in [0.4, 0.5) is 5.69 Å². The van der Waals surface area contributed by atoms with Crippen LogP contribution in [0.2, 0.25) is 0 Å². The Balaban J connectivity index is 1.69. The van der Waals surface area contributed by atoms with E-state index in [9.17, 15) is 9.59 Å². The van der Waals surface area contributed by atoms with E-state index < -0.39 is 5.97 Å². The van der Waals surface area contributed by atoms with Gasteiger partial charge >= 0.3 is 5.97 Å². The number of carboxylic acids is 1. The maximum atomic E-state index is 11.5. The highest BCUT2D eigenvalue weighted by molar-refractivity contribution is 5.76. The van der Waals surface area contributed by atoms with Gasteiger partial charge in [0.2, 0.25) is 5.91 Å². The third-order valence-electron chi connectivity index (χ3n) is 3.10. The fourth-order valence-corrected chi connectivity index (χ4v) is 2.01. The normalized spacial score (nSPS) is 12.2. The predicted octanol–water partition coefficient (Wildman–Crippen LogP) is 2.20. The molecule has 0 fully saturated rings. The van der Waals surface area contributed by atoms with Crippen LogP contribution in [0.25, 0.3) is 0 Å². The van der Waals surface area contributed by atoms with Crippen molar-refractivity contribution in [3.63, 3.8) is 0 Å². The van der Waals surface area contributed by atoms with Crippen LogP contribution in [-0.2, 0) is 22.6 Å². The van der Waals surface area contributed by atoms with Crippen molar-refractivity contribution < 1.29 is 14.7 Å². The molecule has 1 aliphatic rings. The Labute approximate surface area is 116 Å². The number of rotatable bonds is 7. The maximum Gasteiger partial charge on any atom is 0.303 e. The lowest BCUT2D eigenvalue weighted by atomic mass is 10.1. The summed E-state index contributed by atoms with van der Waals surface area (Å²) in [6.07, 6.45) is 1.39. The van der Waals surface area contributed by atoms with Gasteiger partial charge in [0.15, 0.2) is 0 Å². The molecule has 20 heavy (non-hydrogen) atoms. The average Bonchev–Trinajstić information content (AvgIpc) is 2.85. The van der Waals surface area contributed by atoms with Gasteiger partial charge in [-0.2, -0.15) is 10.2 Å². The Hall–Kier alpha value is -2.24. The largest absolute Gasteiger partial charge is 0.481 e. The SMILES string of the molecule is O=C(O)CCCC(=O)NCCc1ccc2c(c1)N=NC2. The van der Waals surface area contributed by atoms with E-state index in [2.05, 4.69) is 15.5 Å². The number of hydrogen-bond donors (Lipinski definition) is 2. The molecular formula is C14H17N3O3. The smallest absolute Gasteiger partial charge is 0.303 e. The highest BCUT2D eigenvalue weighted by atomic mass is 16.4. The quantitative estimate of drug-likeness (QED) is 0.799. The van der Waals surface area contributed by atoms with Crippen molar-refractivity contribution in [2.75, 3.05) is 6.54 Å². The highest BCUT2D eigenvalue weighted by Crippen LogP contribution is 2.27. The van der Waals surface area contributed by atoms with Crippen LogP contribution in [0.5, 0.6) is 0 Å². The van der Waals surface area contributed by atoms with E-state index in [1.807, 2.05) is 18.2 Å². The third kappa shape index (κ3) is 4.15. The van der Waals surface area contributed by atoms with Crippen LogP contribution in [0.3, 0.4) is 0 Å². The van der Waals surface area contributed by atoms with Gasteiger partial charge in [-0.3, -0.25) is 9.59 Å². The molecule has 1 heterocycles. The molecule has 0 saturated carbocycles. The fraction of sp³-hybridized carbons (Fsp3) is 0.429. The zero-order chi connectivity index (χ0) is 14.4. The van der Waals surface area contributed by atoms with Crippen molar-refractivity contribution >= 4 is 17.6 Å². The van der Waals surface area contributed by atoms with Crippen molar-refractivity contribution in [3.8, 4) is 0 Å². The van der Waals surface area contributed by atoms with E-state index >= 15 is 0 Å². The summed E-state index contributed by atoms with van der Waals surface area (Å²) < 4.78 is 0. The molecule has 0 aromatic heterocycles. The summed E-state index contributed by atoms with van der Waals surface area (Å²) in [7, 11) is 0. The van der Waals surface area contributed by atoms with Crippen LogP contribution in [0, 0.1) is 0 Å². The van der Waals surface area contributed by atoms with Gasteiger partial charge in [0, 0.05) is 24.9 Å². The molecule has 2 N–H and O–H groups in total. The van der Waals surface area contributed by atoms with Crippen molar-refractivity contribution in [1.29, 1.82) is 0 Å². The molecule has 0 saturated heterocycles. The molecule has 0 unspecified atom stereocenters. The number of carbonyl (C=O) groups excluding carboxylic acids is 1. The van der Waals surface area contributed by atoms with E-state index in [-0.39, 0.29) is 18.7 Å². The molecule has 0 aliphatic carbocycles. The monoisotopic (exact) mass is 275 g/mol. The van der Waals surface area contributed by atoms with Gasteiger partial charge in [0.05, 0.1) is 12.2 Å². The van der Waals surface area contributed by atoms with Gasteiger partial charge in [-0.15, -0.1) is 0 Å². The van der Waals surface area contributed by atoms with Gasteiger partial charge < -0.3 is 10.4 Å². The van der Waals surface area contributed by atoms with Crippen molar-refractivity contribution in [1.82, 2.24) is 5.32 Å².